The lowest BCUT2D eigenvalue weighted by atomic mass is 10.1. The minimum absolute atomic E-state index is 0.604. The third kappa shape index (κ3) is 5.06. The fourth-order valence-electron chi connectivity index (χ4n) is 1.44. The standard InChI is InChI=1S/C10H13NO8/c1-2-11(5(9(16)17)3-7(12)13)6(10(18)19)4-8(14)15/h2,5-6H,1,3-4H2,(H,12,13)(H,14,15)(H,16,17)(H,18,19). The first-order chi connectivity index (χ1) is 8.70. The van der Waals surface area contributed by atoms with Crippen molar-refractivity contribution in [1.82, 2.24) is 4.90 Å². The van der Waals surface area contributed by atoms with Crippen molar-refractivity contribution in [2.75, 3.05) is 0 Å². The van der Waals surface area contributed by atoms with Crippen LogP contribution in [0.4, 0.5) is 0 Å². The molecule has 0 spiro atoms. The van der Waals surface area contributed by atoms with Crippen molar-refractivity contribution in [1.29, 1.82) is 0 Å². The molecule has 0 rings (SSSR count). The van der Waals surface area contributed by atoms with Gasteiger partial charge in [-0.2, -0.15) is 0 Å². The smallest absolute Gasteiger partial charge is 0.326 e. The van der Waals surface area contributed by atoms with Crippen LogP contribution in [0, 0.1) is 0 Å². The Balaban J connectivity index is 5.34. The molecule has 2 unspecified atom stereocenters. The Morgan fingerprint density at radius 3 is 1.37 bits per heavy atom. The Labute approximate surface area is 107 Å². The lowest BCUT2D eigenvalue weighted by Crippen LogP contribution is -2.49. The Kier molecular flexibility index (Phi) is 6.04. The van der Waals surface area contributed by atoms with Gasteiger partial charge in [0.1, 0.15) is 12.1 Å². The minimum atomic E-state index is -1.71. The second-order valence-corrected chi connectivity index (χ2v) is 3.53. The maximum absolute atomic E-state index is 11.0. The van der Waals surface area contributed by atoms with Crippen molar-refractivity contribution in [3.8, 4) is 0 Å². The van der Waals surface area contributed by atoms with Crippen molar-refractivity contribution in [2.24, 2.45) is 0 Å². The molecule has 9 heteroatoms. The Morgan fingerprint density at radius 2 is 1.21 bits per heavy atom. The fraction of sp³-hybridized carbons (Fsp3) is 0.400. The molecule has 9 nitrogen and oxygen atoms in total. The molecule has 19 heavy (non-hydrogen) atoms. The minimum Gasteiger partial charge on any atom is -0.481 e. The number of carbonyl (C=O) groups is 4. The van der Waals surface area contributed by atoms with Gasteiger partial charge in [0.15, 0.2) is 0 Å². The molecule has 106 valence electrons. The number of nitrogens with zero attached hydrogens (tertiary/aromatic N) is 1. The highest BCUT2D eigenvalue weighted by Gasteiger charge is 2.35. The lowest BCUT2D eigenvalue weighted by Gasteiger charge is -2.31. The van der Waals surface area contributed by atoms with Gasteiger partial charge in [0.05, 0.1) is 12.8 Å². The Bertz CT molecular complexity index is 370. The summed E-state index contributed by atoms with van der Waals surface area (Å²) < 4.78 is 0. The van der Waals surface area contributed by atoms with Gasteiger partial charge in [-0.25, -0.2) is 9.59 Å². The van der Waals surface area contributed by atoms with Gasteiger partial charge < -0.3 is 25.3 Å². The van der Waals surface area contributed by atoms with Crippen LogP contribution in [0.3, 0.4) is 0 Å². The van der Waals surface area contributed by atoms with E-state index in [1.807, 2.05) is 0 Å². The van der Waals surface area contributed by atoms with Crippen molar-refractivity contribution >= 4 is 23.9 Å². The predicted molar refractivity (Wildman–Crippen MR) is 59.4 cm³/mol. The molecule has 0 aromatic heterocycles. The van der Waals surface area contributed by atoms with Crippen LogP contribution in [-0.4, -0.2) is 61.3 Å². The zero-order valence-electron chi connectivity index (χ0n) is 9.72. The van der Waals surface area contributed by atoms with E-state index in [9.17, 15) is 19.2 Å². The van der Waals surface area contributed by atoms with E-state index in [-0.39, 0.29) is 0 Å². The number of carboxylic acids is 4. The zero-order chi connectivity index (χ0) is 15.2. The van der Waals surface area contributed by atoms with Crippen LogP contribution < -0.4 is 0 Å². The van der Waals surface area contributed by atoms with Crippen molar-refractivity contribution in [3.05, 3.63) is 12.8 Å². The molecular formula is C10H13NO8. The van der Waals surface area contributed by atoms with Crippen LogP contribution in [0.5, 0.6) is 0 Å². The molecule has 0 saturated carbocycles. The van der Waals surface area contributed by atoms with Crippen LogP contribution in [0.1, 0.15) is 12.8 Å². The summed E-state index contributed by atoms with van der Waals surface area (Å²) in [5.41, 5.74) is 0. The summed E-state index contributed by atoms with van der Waals surface area (Å²) in [6.45, 7) is 3.20. The number of hydrogen-bond donors (Lipinski definition) is 4. The van der Waals surface area contributed by atoms with E-state index in [0.29, 0.717) is 4.90 Å². The third-order valence-corrected chi connectivity index (χ3v) is 2.24. The Hall–Kier alpha value is -2.58. The van der Waals surface area contributed by atoms with E-state index in [2.05, 4.69) is 6.58 Å². The average molecular weight is 275 g/mol. The van der Waals surface area contributed by atoms with Gasteiger partial charge in [0, 0.05) is 0 Å². The van der Waals surface area contributed by atoms with Crippen LogP contribution in [-0.2, 0) is 19.2 Å². The van der Waals surface area contributed by atoms with E-state index >= 15 is 0 Å². The van der Waals surface area contributed by atoms with Gasteiger partial charge >= 0.3 is 23.9 Å². The average Bonchev–Trinajstić information content (AvgIpc) is 2.25. The first-order valence-electron chi connectivity index (χ1n) is 4.99. The topological polar surface area (TPSA) is 152 Å². The first-order valence-corrected chi connectivity index (χ1v) is 4.99. The van der Waals surface area contributed by atoms with Crippen LogP contribution in [0.25, 0.3) is 0 Å². The molecule has 4 N–H and O–H groups in total. The summed E-state index contributed by atoms with van der Waals surface area (Å²) in [5.74, 6) is -6.09. The highest BCUT2D eigenvalue weighted by atomic mass is 16.4. The summed E-state index contributed by atoms with van der Waals surface area (Å²) in [6.07, 6.45) is -0.959. The number of hydrogen-bond acceptors (Lipinski definition) is 5. The lowest BCUT2D eigenvalue weighted by molar-refractivity contribution is -0.156. The van der Waals surface area contributed by atoms with E-state index in [0.717, 1.165) is 6.20 Å². The van der Waals surface area contributed by atoms with Gasteiger partial charge in [0.25, 0.3) is 0 Å². The van der Waals surface area contributed by atoms with Gasteiger partial charge in [-0.05, 0) is 6.20 Å². The summed E-state index contributed by atoms with van der Waals surface area (Å²) in [5, 5.41) is 35.0. The van der Waals surface area contributed by atoms with Crippen molar-refractivity contribution in [2.45, 2.75) is 24.9 Å². The van der Waals surface area contributed by atoms with Gasteiger partial charge in [-0.1, -0.05) is 6.58 Å². The molecule has 2 atom stereocenters. The Morgan fingerprint density at radius 1 is 0.895 bits per heavy atom. The first kappa shape index (κ1) is 16.4. The van der Waals surface area contributed by atoms with Crippen LogP contribution in [0.2, 0.25) is 0 Å². The van der Waals surface area contributed by atoms with Gasteiger partial charge in [-0.15, -0.1) is 0 Å². The van der Waals surface area contributed by atoms with Crippen LogP contribution in [0.15, 0.2) is 12.8 Å². The third-order valence-electron chi connectivity index (χ3n) is 2.24. The molecule has 0 aliphatic rings. The molecule has 0 aromatic rings. The quantitative estimate of drug-likeness (QED) is 0.427. The molecule has 0 radical (unpaired) electrons. The molecule has 0 saturated heterocycles. The second kappa shape index (κ2) is 6.99. The van der Waals surface area contributed by atoms with E-state index < -0.39 is 48.8 Å². The summed E-state index contributed by atoms with van der Waals surface area (Å²) >= 11 is 0. The predicted octanol–water partition coefficient (Wildman–Crippen LogP) is -0.712. The van der Waals surface area contributed by atoms with E-state index in [4.69, 9.17) is 20.4 Å². The number of rotatable bonds is 9. The maximum atomic E-state index is 11.0. The summed E-state index contributed by atoms with van der Waals surface area (Å²) in [4.78, 5) is 43.6. The SMILES string of the molecule is C=CN(C(CC(=O)O)C(=O)O)C(CC(=O)O)C(=O)O. The largest absolute Gasteiger partial charge is 0.481 e. The molecular weight excluding hydrogens is 262 g/mol. The fourth-order valence-corrected chi connectivity index (χ4v) is 1.44. The number of carboxylic acid groups (broad SMARTS) is 4. The molecule has 0 heterocycles. The highest BCUT2D eigenvalue weighted by molar-refractivity contribution is 5.84. The molecule has 0 amide bonds. The molecule has 0 bridgehead atoms. The molecule has 0 aromatic carbocycles. The number of aliphatic carboxylic acids is 4. The van der Waals surface area contributed by atoms with E-state index in [1.54, 1.807) is 0 Å². The normalized spacial score (nSPS) is 13.1. The molecule has 0 fully saturated rings. The van der Waals surface area contributed by atoms with Gasteiger partial charge in [0.2, 0.25) is 0 Å². The zero-order valence-corrected chi connectivity index (χ0v) is 9.72. The van der Waals surface area contributed by atoms with E-state index in [1.165, 1.54) is 0 Å². The van der Waals surface area contributed by atoms with Crippen molar-refractivity contribution < 1.29 is 39.6 Å². The molecule has 0 aliphatic carbocycles. The van der Waals surface area contributed by atoms with Crippen LogP contribution >= 0.6 is 0 Å². The highest BCUT2D eigenvalue weighted by Crippen LogP contribution is 2.14. The van der Waals surface area contributed by atoms with Crippen molar-refractivity contribution in [3.63, 3.8) is 0 Å². The monoisotopic (exact) mass is 275 g/mol. The summed E-state index contributed by atoms with van der Waals surface area (Å²) in [7, 11) is 0. The second-order valence-electron chi connectivity index (χ2n) is 3.53. The molecule has 0 aliphatic heterocycles. The maximum Gasteiger partial charge on any atom is 0.326 e. The van der Waals surface area contributed by atoms with Gasteiger partial charge in [-0.3, -0.25) is 9.59 Å². The summed E-state index contributed by atoms with van der Waals surface area (Å²) in [6, 6.07) is -3.43.